The lowest BCUT2D eigenvalue weighted by Crippen LogP contribution is -1.99. The average molecular weight is 414 g/mol. The Bertz CT molecular complexity index is 1620. The first-order chi connectivity index (χ1) is 15.7. The highest BCUT2D eigenvalue weighted by molar-refractivity contribution is 6.08. The Morgan fingerprint density at radius 3 is 2.47 bits per heavy atom. The highest BCUT2D eigenvalue weighted by Crippen LogP contribution is 2.33. The maximum atomic E-state index is 6.41. The van der Waals surface area contributed by atoms with Gasteiger partial charge in [-0.2, -0.15) is 0 Å². The molecule has 6 aromatic rings. The number of aromatic nitrogens is 2. The molecule has 0 saturated carbocycles. The minimum absolute atomic E-state index is 0.738. The summed E-state index contributed by atoms with van der Waals surface area (Å²) in [6, 6.07) is 30.1. The van der Waals surface area contributed by atoms with Crippen LogP contribution in [0.1, 0.15) is 16.7 Å². The number of nitrogens with two attached hydrogens (primary N) is 1. The summed E-state index contributed by atoms with van der Waals surface area (Å²) < 4.78 is 0. The molecule has 6 rings (SSSR count). The second kappa shape index (κ2) is 7.24. The SMILES string of the molecule is Cc1cccc(Cc2c(N)cnc3ccc(-c4ccc5c(c4)[nH]c4ccccc45)cc23)c1. The van der Waals surface area contributed by atoms with Crippen molar-refractivity contribution in [2.24, 2.45) is 0 Å². The first-order valence-corrected chi connectivity index (χ1v) is 10.9. The summed E-state index contributed by atoms with van der Waals surface area (Å²) in [4.78, 5) is 8.13. The highest BCUT2D eigenvalue weighted by Gasteiger charge is 2.11. The topological polar surface area (TPSA) is 54.7 Å². The van der Waals surface area contributed by atoms with Crippen LogP contribution >= 0.6 is 0 Å². The molecule has 2 aromatic heterocycles. The number of aromatic amines is 1. The minimum atomic E-state index is 0.738. The summed E-state index contributed by atoms with van der Waals surface area (Å²) in [5.74, 6) is 0. The summed E-state index contributed by atoms with van der Waals surface area (Å²) in [6.45, 7) is 2.12. The molecule has 0 aliphatic rings. The molecule has 0 fully saturated rings. The molecular weight excluding hydrogens is 390 g/mol. The molecule has 0 amide bonds. The van der Waals surface area contributed by atoms with Crippen LogP contribution < -0.4 is 5.73 Å². The molecule has 3 heteroatoms. The van der Waals surface area contributed by atoms with Gasteiger partial charge in [-0.3, -0.25) is 4.98 Å². The van der Waals surface area contributed by atoms with E-state index in [0.717, 1.165) is 45.2 Å². The van der Waals surface area contributed by atoms with Crippen LogP contribution in [0.4, 0.5) is 5.69 Å². The number of aryl methyl sites for hydroxylation is 1. The van der Waals surface area contributed by atoms with E-state index in [4.69, 9.17) is 5.73 Å². The van der Waals surface area contributed by atoms with Crippen LogP contribution in [0.15, 0.2) is 91.1 Å². The van der Waals surface area contributed by atoms with Gasteiger partial charge in [0, 0.05) is 33.6 Å². The van der Waals surface area contributed by atoms with Crippen molar-refractivity contribution in [1.82, 2.24) is 9.97 Å². The molecule has 0 radical (unpaired) electrons. The lowest BCUT2D eigenvalue weighted by atomic mass is 9.95. The number of hydrogen-bond acceptors (Lipinski definition) is 2. The number of para-hydroxylation sites is 1. The molecule has 3 N–H and O–H groups in total. The number of hydrogen-bond donors (Lipinski definition) is 2. The molecule has 0 saturated heterocycles. The van der Waals surface area contributed by atoms with Gasteiger partial charge in [0.1, 0.15) is 0 Å². The Morgan fingerprint density at radius 1 is 0.750 bits per heavy atom. The van der Waals surface area contributed by atoms with Crippen LogP contribution in [0.25, 0.3) is 43.8 Å². The van der Waals surface area contributed by atoms with E-state index in [0.29, 0.717) is 0 Å². The third-order valence-electron chi connectivity index (χ3n) is 6.32. The fourth-order valence-corrected chi connectivity index (χ4v) is 4.70. The zero-order valence-electron chi connectivity index (χ0n) is 17.9. The molecule has 0 spiro atoms. The fraction of sp³-hybridized carbons (Fsp3) is 0.0690. The molecule has 0 aliphatic heterocycles. The van der Waals surface area contributed by atoms with Gasteiger partial charge in [0.05, 0.1) is 17.4 Å². The molecule has 154 valence electrons. The van der Waals surface area contributed by atoms with E-state index in [1.54, 1.807) is 6.20 Å². The van der Waals surface area contributed by atoms with Crippen LogP contribution in [0, 0.1) is 6.92 Å². The number of nitrogens with zero attached hydrogens (tertiary/aromatic N) is 1. The number of H-pyrrole nitrogens is 1. The van der Waals surface area contributed by atoms with Gasteiger partial charge in [-0.15, -0.1) is 0 Å². The van der Waals surface area contributed by atoms with Crippen molar-refractivity contribution in [2.75, 3.05) is 5.73 Å². The molecule has 0 aliphatic carbocycles. The number of rotatable bonds is 3. The van der Waals surface area contributed by atoms with Crippen molar-refractivity contribution < 1.29 is 0 Å². The van der Waals surface area contributed by atoms with Gasteiger partial charge in [-0.05, 0) is 53.4 Å². The van der Waals surface area contributed by atoms with E-state index in [1.807, 2.05) is 0 Å². The maximum absolute atomic E-state index is 6.41. The Labute approximate surface area is 186 Å². The van der Waals surface area contributed by atoms with Gasteiger partial charge in [0.15, 0.2) is 0 Å². The maximum Gasteiger partial charge on any atom is 0.0706 e. The van der Waals surface area contributed by atoms with Gasteiger partial charge < -0.3 is 10.7 Å². The summed E-state index contributed by atoms with van der Waals surface area (Å²) in [6.07, 6.45) is 2.57. The monoisotopic (exact) mass is 413 g/mol. The first kappa shape index (κ1) is 18.6. The fourth-order valence-electron chi connectivity index (χ4n) is 4.70. The van der Waals surface area contributed by atoms with Crippen molar-refractivity contribution in [3.05, 3.63) is 108 Å². The Morgan fingerprint density at radius 2 is 1.56 bits per heavy atom. The third-order valence-corrected chi connectivity index (χ3v) is 6.32. The van der Waals surface area contributed by atoms with Crippen LogP contribution in [-0.4, -0.2) is 9.97 Å². The standard InChI is InChI=1S/C29H23N3/c1-18-5-4-6-19(13-18)14-24-25-15-20(10-12-27(25)31-17-26(24)30)21-9-11-23-22-7-2-3-8-28(22)32-29(23)16-21/h2-13,15-17,32H,14,30H2,1H3. The number of benzene rings is 4. The van der Waals surface area contributed by atoms with Crippen molar-refractivity contribution in [2.45, 2.75) is 13.3 Å². The predicted octanol–water partition coefficient (Wildman–Crippen LogP) is 7.02. The van der Waals surface area contributed by atoms with Crippen LogP contribution in [0.2, 0.25) is 0 Å². The Hall–Kier alpha value is -4.11. The second-order valence-electron chi connectivity index (χ2n) is 8.52. The van der Waals surface area contributed by atoms with Crippen molar-refractivity contribution >= 4 is 38.4 Å². The van der Waals surface area contributed by atoms with E-state index < -0.39 is 0 Å². The highest BCUT2D eigenvalue weighted by atomic mass is 14.7. The lowest BCUT2D eigenvalue weighted by molar-refractivity contribution is 1.19. The van der Waals surface area contributed by atoms with Crippen molar-refractivity contribution in [3.8, 4) is 11.1 Å². The molecule has 0 atom stereocenters. The van der Waals surface area contributed by atoms with Gasteiger partial charge in [-0.25, -0.2) is 0 Å². The lowest BCUT2D eigenvalue weighted by Gasteiger charge is -2.12. The predicted molar refractivity (Wildman–Crippen MR) is 135 cm³/mol. The Balaban J connectivity index is 1.49. The normalized spacial score (nSPS) is 11.5. The molecule has 2 heterocycles. The Kier molecular flexibility index (Phi) is 4.22. The number of nitrogens with one attached hydrogen (secondary N) is 1. The smallest absolute Gasteiger partial charge is 0.0706 e. The molecule has 32 heavy (non-hydrogen) atoms. The molecule has 3 nitrogen and oxygen atoms in total. The van der Waals surface area contributed by atoms with Gasteiger partial charge in [0.2, 0.25) is 0 Å². The van der Waals surface area contributed by atoms with Gasteiger partial charge in [0.25, 0.3) is 0 Å². The van der Waals surface area contributed by atoms with Crippen molar-refractivity contribution in [1.29, 1.82) is 0 Å². The third kappa shape index (κ3) is 3.10. The van der Waals surface area contributed by atoms with Crippen LogP contribution in [0.5, 0.6) is 0 Å². The van der Waals surface area contributed by atoms with E-state index in [1.165, 1.54) is 27.5 Å². The van der Waals surface area contributed by atoms with E-state index in [9.17, 15) is 0 Å². The summed E-state index contributed by atoms with van der Waals surface area (Å²) in [5, 5.41) is 3.61. The number of pyridine rings is 1. The van der Waals surface area contributed by atoms with Crippen molar-refractivity contribution in [3.63, 3.8) is 0 Å². The summed E-state index contributed by atoms with van der Waals surface area (Å²) in [5.41, 5.74) is 16.4. The molecule has 4 aromatic carbocycles. The second-order valence-corrected chi connectivity index (χ2v) is 8.52. The summed E-state index contributed by atoms with van der Waals surface area (Å²) in [7, 11) is 0. The first-order valence-electron chi connectivity index (χ1n) is 10.9. The van der Waals surface area contributed by atoms with E-state index in [2.05, 4.69) is 102 Å². The van der Waals surface area contributed by atoms with Crippen LogP contribution in [0.3, 0.4) is 0 Å². The molecular formula is C29H23N3. The number of anilines is 1. The van der Waals surface area contributed by atoms with E-state index in [-0.39, 0.29) is 0 Å². The average Bonchev–Trinajstić information content (AvgIpc) is 3.18. The molecule has 0 bridgehead atoms. The molecule has 0 unspecified atom stereocenters. The van der Waals surface area contributed by atoms with Gasteiger partial charge >= 0.3 is 0 Å². The zero-order valence-corrected chi connectivity index (χ0v) is 17.9. The van der Waals surface area contributed by atoms with E-state index >= 15 is 0 Å². The number of nitrogen functional groups attached to an aromatic ring is 1. The van der Waals surface area contributed by atoms with Crippen LogP contribution in [-0.2, 0) is 6.42 Å². The van der Waals surface area contributed by atoms with Gasteiger partial charge in [-0.1, -0.05) is 66.2 Å². The largest absolute Gasteiger partial charge is 0.397 e. The minimum Gasteiger partial charge on any atom is -0.397 e. The number of fused-ring (bicyclic) bond motifs is 4. The summed E-state index contributed by atoms with van der Waals surface area (Å²) >= 11 is 0. The quantitative estimate of drug-likeness (QED) is 0.328. The zero-order chi connectivity index (χ0) is 21.7.